The molecule has 0 aliphatic carbocycles. The topological polar surface area (TPSA) is 50.8 Å². The molecule has 28 heavy (non-hydrogen) atoms. The van der Waals surface area contributed by atoms with Crippen molar-refractivity contribution in [3.05, 3.63) is 65.0 Å². The largest absolute Gasteiger partial charge is 0.497 e. The summed E-state index contributed by atoms with van der Waals surface area (Å²) in [5.74, 6) is 0.599. The monoisotopic (exact) mass is 384 g/mol. The summed E-state index contributed by atoms with van der Waals surface area (Å²) in [6, 6.07) is 12.8. The summed E-state index contributed by atoms with van der Waals surface area (Å²) in [6.45, 7) is 4.25. The van der Waals surface area contributed by atoms with Gasteiger partial charge in [0.25, 0.3) is 0 Å². The highest BCUT2D eigenvalue weighted by atomic mass is 19.1. The Kier molecular flexibility index (Phi) is 5.33. The molecule has 0 aromatic heterocycles. The lowest BCUT2D eigenvalue weighted by Gasteiger charge is -2.26. The molecular formula is C22H25FN2O3. The minimum absolute atomic E-state index is 0.0638. The molecule has 2 aliphatic heterocycles. The molecule has 4 rings (SSSR count). The van der Waals surface area contributed by atoms with Crippen LogP contribution in [0.25, 0.3) is 0 Å². The molecule has 2 aliphatic rings. The van der Waals surface area contributed by atoms with Gasteiger partial charge in [0, 0.05) is 25.6 Å². The third-order valence-electron chi connectivity index (χ3n) is 5.81. The van der Waals surface area contributed by atoms with Crippen molar-refractivity contribution in [2.45, 2.75) is 31.5 Å². The summed E-state index contributed by atoms with van der Waals surface area (Å²) in [5, 5.41) is 2.96. The maximum Gasteiger partial charge on any atom is 0.246 e. The van der Waals surface area contributed by atoms with Crippen molar-refractivity contribution in [2.75, 3.05) is 26.8 Å². The standard InChI is InChI=1S/C22H25FN2O3/c1-14-9-18(27-2)8-5-16(14)11-25-12-19(15-3-6-17(23)7-4-15)22-20(25)10-24-21(26)13-28-22/h3-9,19-20,22H,10-13H2,1-2H3,(H,24,26)/t19-,20-,22-/m1/s1. The predicted molar refractivity (Wildman–Crippen MR) is 104 cm³/mol. The Bertz CT molecular complexity index is 855. The van der Waals surface area contributed by atoms with Crippen molar-refractivity contribution in [1.82, 2.24) is 10.2 Å². The van der Waals surface area contributed by atoms with E-state index < -0.39 is 0 Å². The molecular weight excluding hydrogens is 359 g/mol. The van der Waals surface area contributed by atoms with E-state index in [1.54, 1.807) is 7.11 Å². The van der Waals surface area contributed by atoms with E-state index >= 15 is 0 Å². The van der Waals surface area contributed by atoms with Gasteiger partial charge in [-0.15, -0.1) is 0 Å². The highest BCUT2D eigenvalue weighted by Gasteiger charge is 2.44. The van der Waals surface area contributed by atoms with Crippen molar-refractivity contribution in [1.29, 1.82) is 0 Å². The second-order valence-electron chi connectivity index (χ2n) is 7.53. The summed E-state index contributed by atoms with van der Waals surface area (Å²) in [7, 11) is 1.67. The van der Waals surface area contributed by atoms with E-state index in [0.717, 1.165) is 24.4 Å². The van der Waals surface area contributed by atoms with Crippen LogP contribution >= 0.6 is 0 Å². The highest BCUT2D eigenvalue weighted by molar-refractivity contribution is 5.77. The number of nitrogens with zero attached hydrogens (tertiary/aromatic N) is 1. The van der Waals surface area contributed by atoms with Gasteiger partial charge in [-0.25, -0.2) is 4.39 Å². The summed E-state index contributed by atoms with van der Waals surface area (Å²) < 4.78 is 24.7. The van der Waals surface area contributed by atoms with E-state index in [-0.39, 0.29) is 36.4 Å². The average molecular weight is 384 g/mol. The summed E-state index contributed by atoms with van der Waals surface area (Å²) in [4.78, 5) is 14.2. The number of rotatable bonds is 4. The third kappa shape index (κ3) is 3.75. The normalized spacial score (nSPS) is 25.1. The number of benzene rings is 2. The first-order valence-corrected chi connectivity index (χ1v) is 9.56. The number of aryl methyl sites for hydroxylation is 1. The zero-order valence-electron chi connectivity index (χ0n) is 16.2. The summed E-state index contributed by atoms with van der Waals surface area (Å²) in [6.07, 6.45) is -0.108. The van der Waals surface area contributed by atoms with E-state index in [2.05, 4.69) is 23.2 Å². The fourth-order valence-corrected chi connectivity index (χ4v) is 4.26. The fourth-order valence-electron chi connectivity index (χ4n) is 4.26. The number of ether oxygens (including phenoxy) is 2. The number of hydrogen-bond acceptors (Lipinski definition) is 4. The van der Waals surface area contributed by atoms with Crippen molar-refractivity contribution in [2.24, 2.45) is 0 Å². The number of fused-ring (bicyclic) bond motifs is 1. The first-order chi connectivity index (χ1) is 13.5. The van der Waals surface area contributed by atoms with Crippen LogP contribution in [0.15, 0.2) is 42.5 Å². The number of amides is 1. The molecule has 2 aromatic rings. The highest BCUT2D eigenvalue weighted by Crippen LogP contribution is 2.36. The van der Waals surface area contributed by atoms with Crippen LogP contribution in [0.2, 0.25) is 0 Å². The number of likely N-dealkylation sites (tertiary alicyclic amines) is 1. The van der Waals surface area contributed by atoms with E-state index in [1.807, 2.05) is 24.3 Å². The Morgan fingerprint density at radius 3 is 2.75 bits per heavy atom. The Morgan fingerprint density at radius 1 is 1.25 bits per heavy atom. The van der Waals surface area contributed by atoms with Crippen LogP contribution in [-0.4, -0.2) is 49.8 Å². The van der Waals surface area contributed by atoms with Crippen LogP contribution < -0.4 is 10.1 Å². The van der Waals surface area contributed by atoms with Gasteiger partial charge in [0.05, 0.1) is 19.3 Å². The molecule has 6 heteroatoms. The number of carbonyl (C=O) groups excluding carboxylic acids is 1. The van der Waals surface area contributed by atoms with Gasteiger partial charge in [-0.1, -0.05) is 18.2 Å². The first-order valence-electron chi connectivity index (χ1n) is 9.56. The van der Waals surface area contributed by atoms with Crippen LogP contribution in [0, 0.1) is 12.7 Å². The maximum absolute atomic E-state index is 13.4. The van der Waals surface area contributed by atoms with E-state index in [0.29, 0.717) is 6.54 Å². The lowest BCUT2D eigenvalue weighted by molar-refractivity contribution is -0.125. The van der Waals surface area contributed by atoms with Crippen molar-refractivity contribution >= 4 is 5.91 Å². The third-order valence-corrected chi connectivity index (χ3v) is 5.81. The molecule has 2 fully saturated rings. The van der Waals surface area contributed by atoms with Gasteiger partial charge >= 0.3 is 0 Å². The number of carbonyl (C=O) groups is 1. The Balaban J connectivity index is 1.61. The minimum atomic E-state index is -0.248. The van der Waals surface area contributed by atoms with Crippen molar-refractivity contribution in [3.8, 4) is 5.75 Å². The molecule has 2 aromatic carbocycles. The van der Waals surface area contributed by atoms with Gasteiger partial charge in [0.1, 0.15) is 18.2 Å². The van der Waals surface area contributed by atoms with Crippen LogP contribution in [0.1, 0.15) is 22.6 Å². The maximum atomic E-state index is 13.4. The quantitative estimate of drug-likeness (QED) is 0.881. The van der Waals surface area contributed by atoms with Crippen LogP contribution in [-0.2, 0) is 16.1 Å². The molecule has 5 nitrogen and oxygen atoms in total. The van der Waals surface area contributed by atoms with Gasteiger partial charge in [-0.05, 0) is 47.9 Å². The van der Waals surface area contributed by atoms with E-state index in [4.69, 9.17) is 9.47 Å². The Hall–Kier alpha value is -2.44. The molecule has 1 amide bonds. The zero-order valence-corrected chi connectivity index (χ0v) is 16.2. The minimum Gasteiger partial charge on any atom is -0.497 e. The molecule has 148 valence electrons. The van der Waals surface area contributed by atoms with Gasteiger partial charge in [0.15, 0.2) is 0 Å². The van der Waals surface area contributed by atoms with Gasteiger partial charge in [-0.3, -0.25) is 9.69 Å². The lowest BCUT2D eigenvalue weighted by atomic mass is 9.93. The molecule has 0 saturated carbocycles. The van der Waals surface area contributed by atoms with Gasteiger partial charge in [-0.2, -0.15) is 0 Å². The van der Waals surface area contributed by atoms with E-state index in [1.165, 1.54) is 23.3 Å². The van der Waals surface area contributed by atoms with Crippen LogP contribution in [0.5, 0.6) is 5.75 Å². The zero-order chi connectivity index (χ0) is 19.7. The second kappa shape index (κ2) is 7.89. The second-order valence-corrected chi connectivity index (χ2v) is 7.53. The van der Waals surface area contributed by atoms with Crippen LogP contribution in [0.4, 0.5) is 4.39 Å². The number of hydrogen-bond donors (Lipinski definition) is 1. The molecule has 0 spiro atoms. The molecule has 3 atom stereocenters. The molecule has 1 N–H and O–H groups in total. The summed E-state index contributed by atoms with van der Waals surface area (Å²) >= 11 is 0. The molecule has 0 radical (unpaired) electrons. The SMILES string of the molecule is COc1ccc(CN2C[C@H](c3ccc(F)cc3)[C@H]3OCC(=O)NC[C@H]32)c(C)c1. The smallest absolute Gasteiger partial charge is 0.246 e. The average Bonchev–Trinajstić information content (AvgIpc) is 2.91. The fraction of sp³-hybridized carbons (Fsp3) is 0.409. The Labute approximate surface area is 164 Å². The number of methoxy groups -OCH3 is 1. The molecule has 2 heterocycles. The van der Waals surface area contributed by atoms with Gasteiger partial charge < -0.3 is 14.8 Å². The predicted octanol–water partition coefficient (Wildman–Crippen LogP) is 2.63. The Morgan fingerprint density at radius 2 is 2.04 bits per heavy atom. The summed E-state index contributed by atoms with van der Waals surface area (Å²) in [5.41, 5.74) is 3.43. The van der Waals surface area contributed by atoms with Crippen molar-refractivity contribution in [3.63, 3.8) is 0 Å². The van der Waals surface area contributed by atoms with Gasteiger partial charge in [0.2, 0.25) is 5.91 Å². The van der Waals surface area contributed by atoms with E-state index in [9.17, 15) is 9.18 Å². The van der Waals surface area contributed by atoms with Crippen molar-refractivity contribution < 1.29 is 18.7 Å². The molecule has 0 bridgehead atoms. The molecule has 2 saturated heterocycles. The first kappa shape index (κ1) is 18.9. The van der Waals surface area contributed by atoms with Crippen LogP contribution in [0.3, 0.4) is 0 Å². The number of halogens is 1. The molecule has 0 unspecified atom stereocenters. The lowest BCUT2D eigenvalue weighted by Crippen LogP contribution is -2.42. The number of nitrogens with one attached hydrogen (secondary N) is 1.